The molecule has 1 unspecified atom stereocenters. The minimum Gasteiger partial charge on any atom is -0.391 e. The highest BCUT2D eigenvalue weighted by molar-refractivity contribution is 5.97. The SMILES string of the molecule is O=C(NCC(O)C1CC1)c1ccc2cc[nH]c2c1. The van der Waals surface area contributed by atoms with Crippen LogP contribution in [0.5, 0.6) is 0 Å². The summed E-state index contributed by atoms with van der Waals surface area (Å²) in [6.07, 6.45) is 3.60. The fraction of sp³-hybridized carbons (Fsp3) is 0.357. The predicted molar refractivity (Wildman–Crippen MR) is 69.4 cm³/mol. The van der Waals surface area contributed by atoms with Crippen LogP contribution in [0.4, 0.5) is 0 Å². The van der Waals surface area contributed by atoms with Gasteiger partial charge < -0.3 is 15.4 Å². The largest absolute Gasteiger partial charge is 0.391 e. The Morgan fingerprint density at radius 2 is 2.28 bits per heavy atom. The van der Waals surface area contributed by atoms with Crippen LogP contribution in [0.15, 0.2) is 30.5 Å². The zero-order chi connectivity index (χ0) is 12.5. The van der Waals surface area contributed by atoms with Gasteiger partial charge in [-0.05, 0) is 42.3 Å². The van der Waals surface area contributed by atoms with Crippen LogP contribution in [0.1, 0.15) is 23.2 Å². The topological polar surface area (TPSA) is 65.1 Å². The average Bonchev–Trinajstić information content (AvgIpc) is 3.13. The Hall–Kier alpha value is -1.81. The second-order valence-electron chi connectivity index (χ2n) is 4.89. The molecule has 1 amide bonds. The van der Waals surface area contributed by atoms with Crippen molar-refractivity contribution in [1.82, 2.24) is 10.3 Å². The molecule has 0 spiro atoms. The highest BCUT2D eigenvalue weighted by atomic mass is 16.3. The van der Waals surface area contributed by atoms with E-state index in [0.717, 1.165) is 23.7 Å². The molecule has 4 heteroatoms. The molecule has 2 aromatic rings. The number of amides is 1. The van der Waals surface area contributed by atoms with Crippen molar-refractivity contribution in [2.24, 2.45) is 5.92 Å². The van der Waals surface area contributed by atoms with Crippen molar-refractivity contribution in [2.75, 3.05) is 6.54 Å². The number of aliphatic hydroxyl groups excluding tert-OH is 1. The molecule has 0 aliphatic heterocycles. The highest BCUT2D eigenvalue weighted by Crippen LogP contribution is 2.32. The van der Waals surface area contributed by atoms with E-state index >= 15 is 0 Å². The summed E-state index contributed by atoms with van der Waals surface area (Å²) < 4.78 is 0. The number of H-pyrrole nitrogens is 1. The van der Waals surface area contributed by atoms with Crippen LogP contribution >= 0.6 is 0 Å². The van der Waals surface area contributed by atoms with E-state index in [1.807, 2.05) is 24.4 Å². The molecule has 1 aromatic carbocycles. The lowest BCUT2D eigenvalue weighted by Crippen LogP contribution is -2.33. The summed E-state index contributed by atoms with van der Waals surface area (Å²) in [4.78, 5) is 15.0. The molecular formula is C14H16N2O2. The van der Waals surface area contributed by atoms with Crippen LogP contribution in [0.25, 0.3) is 10.9 Å². The van der Waals surface area contributed by atoms with Crippen LogP contribution in [-0.2, 0) is 0 Å². The van der Waals surface area contributed by atoms with E-state index in [1.165, 1.54) is 0 Å². The molecule has 1 fully saturated rings. The summed E-state index contributed by atoms with van der Waals surface area (Å²) in [6, 6.07) is 7.51. The summed E-state index contributed by atoms with van der Waals surface area (Å²) >= 11 is 0. The maximum Gasteiger partial charge on any atom is 0.251 e. The van der Waals surface area contributed by atoms with E-state index in [4.69, 9.17) is 0 Å². The Bertz CT molecular complexity index is 572. The van der Waals surface area contributed by atoms with Gasteiger partial charge >= 0.3 is 0 Å². The number of fused-ring (bicyclic) bond motifs is 1. The molecule has 4 nitrogen and oxygen atoms in total. The highest BCUT2D eigenvalue weighted by Gasteiger charge is 2.29. The molecule has 1 aromatic heterocycles. The maximum absolute atomic E-state index is 11.9. The van der Waals surface area contributed by atoms with Crippen molar-refractivity contribution in [3.63, 3.8) is 0 Å². The first kappa shape index (κ1) is 11.3. The summed E-state index contributed by atoms with van der Waals surface area (Å²) in [5.41, 5.74) is 1.57. The van der Waals surface area contributed by atoms with Gasteiger partial charge in [0.05, 0.1) is 6.10 Å². The number of hydrogen-bond donors (Lipinski definition) is 3. The third kappa shape index (κ3) is 2.24. The lowest BCUT2D eigenvalue weighted by atomic mass is 10.1. The van der Waals surface area contributed by atoms with Gasteiger partial charge in [0, 0.05) is 23.8 Å². The van der Waals surface area contributed by atoms with E-state index in [2.05, 4.69) is 10.3 Å². The molecule has 1 saturated carbocycles. The Labute approximate surface area is 105 Å². The van der Waals surface area contributed by atoms with Crippen molar-refractivity contribution in [1.29, 1.82) is 0 Å². The second kappa shape index (κ2) is 4.46. The lowest BCUT2D eigenvalue weighted by molar-refractivity contribution is 0.0901. The van der Waals surface area contributed by atoms with E-state index in [-0.39, 0.29) is 5.91 Å². The fourth-order valence-electron chi connectivity index (χ4n) is 2.14. The van der Waals surface area contributed by atoms with Crippen molar-refractivity contribution in [2.45, 2.75) is 18.9 Å². The Morgan fingerprint density at radius 3 is 3.06 bits per heavy atom. The van der Waals surface area contributed by atoms with Gasteiger partial charge in [-0.3, -0.25) is 4.79 Å². The second-order valence-corrected chi connectivity index (χ2v) is 4.89. The molecule has 1 heterocycles. The van der Waals surface area contributed by atoms with Gasteiger partial charge in [-0.15, -0.1) is 0 Å². The Balaban J connectivity index is 1.66. The molecular weight excluding hydrogens is 228 g/mol. The number of aromatic amines is 1. The molecule has 0 bridgehead atoms. The van der Waals surface area contributed by atoms with Gasteiger partial charge in [0.15, 0.2) is 0 Å². The first-order chi connectivity index (χ1) is 8.74. The number of benzene rings is 1. The van der Waals surface area contributed by atoms with Crippen LogP contribution in [0.2, 0.25) is 0 Å². The molecule has 3 rings (SSSR count). The predicted octanol–water partition coefficient (Wildman–Crippen LogP) is 1.67. The van der Waals surface area contributed by atoms with Crippen LogP contribution < -0.4 is 5.32 Å². The summed E-state index contributed by atoms with van der Waals surface area (Å²) in [6.45, 7) is 0.340. The zero-order valence-electron chi connectivity index (χ0n) is 10.0. The molecule has 0 saturated heterocycles. The standard InChI is InChI=1S/C14H16N2O2/c17-13(10-2-3-10)8-16-14(18)11-4-1-9-5-6-15-12(9)7-11/h1,4-7,10,13,15,17H,2-3,8H2,(H,16,18). The third-order valence-electron chi connectivity index (χ3n) is 3.46. The maximum atomic E-state index is 11.9. The van der Waals surface area contributed by atoms with Crippen LogP contribution in [0.3, 0.4) is 0 Å². The number of rotatable bonds is 4. The molecule has 1 atom stereocenters. The van der Waals surface area contributed by atoms with E-state index < -0.39 is 6.10 Å². The smallest absolute Gasteiger partial charge is 0.251 e. The van der Waals surface area contributed by atoms with E-state index in [1.54, 1.807) is 6.07 Å². The fourth-order valence-corrected chi connectivity index (χ4v) is 2.14. The van der Waals surface area contributed by atoms with Crippen molar-refractivity contribution >= 4 is 16.8 Å². The molecule has 0 radical (unpaired) electrons. The average molecular weight is 244 g/mol. The number of nitrogens with one attached hydrogen (secondary N) is 2. The van der Waals surface area contributed by atoms with Crippen molar-refractivity contribution < 1.29 is 9.90 Å². The van der Waals surface area contributed by atoms with E-state index in [9.17, 15) is 9.90 Å². The van der Waals surface area contributed by atoms with Crippen LogP contribution in [0, 0.1) is 5.92 Å². The molecule has 18 heavy (non-hydrogen) atoms. The number of carbonyl (C=O) groups is 1. The minimum atomic E-state index is -0.400. The van der Waals surface area contributed by atoms with Gasteiger partial charge in [0.2, 0.25) is 0 Å². The van der Waals surface area contributed by atoms with Gasteiger partial charge in [-0.2, -0.15) is 0 Å². The quantitative estimate of drug-likeness (QED) is 0.766. The van der Waals surface area contributed by atoms with Crippen molar-refractivity contribution in [3.8, 4) is 0 Å². The monoisotopic (exact) mass is 244 g/mol. The Morgan fingerprint density at radius 1 is 1.44 bits per heavy atom. The van der Waals surface area contributed by atoms with E-state index in [0.29, 0.717) is 18.0 Å². The van der Waals surface area contributed by atoms with Gasteiger partial charge in [0.25, 0.3) is 5.91 Å². The molecule has 3 N–H and O–H groups in total. The first-order valence-corrected chi connectivity index (χ1v) is 6.27. The van der Waals surface area contributed by atoms with Gasteiger partial charge in [0.1, 0.15) is 0 Å². The summed E-state index contributed by atoms with van der Waals surface area (Å²) in [7, 11) is 0. The van der Waals surface area contributed by atoms with Gasteiger partial charge in [-0.1, -0.05) is 6.07 Å². The number of carbonyl (C=O) groups excluding carboxylic acids is 1. The number of aromatic nitrogens is 1. The lowest BCUT2D eigenvalue weighted by Gasteiger charge is -2.10. The third-order valence-corrected chi connectivity index (χ3v) is 3.46. The number of hydrogen-bond acceptors (Lipinski definition) is 2. The van der Waals surface area contributed by atoms with Crippen LogP contribution in [-0.4, -0.2) is 28.6 Å². The molecule has 94 valence electrons. The molecule has 1 aliphatic rings. The zero-order valence-corrected chi connectivity index (χ0v) is 10.0. The molecule has 1 aliphatic carbocycles. The summed E-state index contributed by atoms with van der Waals surface area (Å²) in [5.74, 6) is 0.252. The van der Waals surface area contributed by atoms with Crippen molar-refractivity contribution in [3.05, 3.63) is 36.0 Å². The number of aliphatic hydroxyl groups is 1. The first-order valence-electron chi connectivity index (χ1n) is 6.27. The summed E-state index contributed by atoms with van der Waals surface area (Å²) in [5, 5.41) is 13.6. The normalized spacial score (nSPS) is 16.7. The minimum absolute atomic E-state index is 0.133. The van der Waals surface area contributed by atoms with Gasteiger partial charge in [-0.25, -0.2) is 0 Å². The Kier molecular flexibility index (Phi) is 2.80.